The molecule has 1 aromatic heterocycles. The van der Waals surface area contributed by atoms with Gasteiger partial charge in [-0.2, -0.15) is 0 Å². The van der Waals surface area contributed by atoms with Gasteiger partial charge in [0.25, 0.3) is 0 Å². The van der Waals surface area contributed by atoms with Crippen LogP contribution in [0, 0.1) is 6.92 Å². The van der Waals surface area contributed by atoms with Gasteiger partial charge >= 0.3 is 0 Å². The molecule has 2 unspecified atom stereocenters. The van der Waals surface area contributed by atoms with Crippen molar-refractivity contribution in [2.75, 3.05) is 26.8 Å². The molecule has 2 N–H and O–H groups in total. The predicted molar refractivity (Wildman–Crippen MR) is 79.2 cm³/mol. The summed E-state index contributed by atoms with van der Waals surface area (Å²) in [5.74, 6) is 0. The minimum atomic E-state index is 0.315. The lowest BCUT2D eigenvalue weighted by Gasteiger charge is -2.35. The molecule has 0 bridgehead atoms. The van der Waals surface area contributed by atoms with Crippen molar-refractivity contribution in [3.05, 3.63) is 21.9 Å². The van der Waals surface area contributed by atoms with Gasteiger partial charge in [0.05, 0.1) is 12.6 Å². The number of ether oxygens (including phenoxy) is 1. The number of thiophene rings is 1. The van der Waals surface area contributed by atoms with E-state index in [2.05, 4.69) is 37.1 Å². The monoisotopic (exact) mass is 270 g/mol. The van der Waals surface area contributed by atoms with E-state index in [0.717, 1.165) is 19.6 Å². The predicted octanol–water partition coefficient (Wildman–Crippen LogP) is 2.80. The quantitative estimate of drug-likeness (QED) is 0.789. The van der Waals surface area contributed by atoms with Crippen LogP contribution in [0.15, 0.2) is 11.4 Å². The molecule has 0 fully saturated rings. The van der Waals surface area contributed by atoms with Gasteiger partial charge in [0, 0.05) is 31.1 Å². The lowest BCUT2D eigenvalue weighted by molar-refractivity contribution is 0.0913. The highest BCUT2D eigenvalue weighted by Gasteiger charge is 2.24. The van der Waals surface area contributed by atoms with E-state index in [-0.39, 0.29) is 0 Å². The Hall–Kier alpha value is -0.420. The molecule has 0 saturated carbocycles. The third kappa shape index (κ3) is 3.79. The summed E-state index contributed by atoms with van der Waals surface area (Å²) in [7, 11) is 1.75. The molecule has 0 aliphatic rings. The fraction of sp³-hybridized carbons (Fsp3) is 0.714. The van der Waals surface area contributed by atoms with E-state index < -0.39 is 0 Å². The van der Waals surface area contributed by atoms with E-state index >= 15 is 0 Å². The number of rotatable bonds is 8. The van der Waals surface area contributed by atoms with E-state index in [4.69, 9.17) is 10.5 Å². The van der Waals surface area contributed by atoms with Gasteiger partial charge in [0.15, 0.2) is 0 Å². The molecule has 0 aromatic carbocycles. The zero-order chi connectivity index (χ0) is 13.5. The molecule has 0 saturated heterocycles. The second-order valence-corrected chi connectivity index (χ2v) is 5.65. The van der Waals surface area contributed by atoms with Crippen LogP contribution >= 0.6 is 11.3 Å². The van der Waals surface area contributed by atoms with Crippen molar-refractivity contribution >= 4 is 11.3 Å². The van der Waals surface area contributed by atoms with Crippen molar-refractivity contribution in [1.29, 1.82) is 0 Å². The highest BCUT2D eigenvalue weighted by atomic mass is 32.1. The second-order valence-electron chi connectivity index (χ2n) is 4.71. The Kier molecular flexibility index (Phi) is 6.86. The molecule has 0 spiro atoms. The topological polar surface area (TPSA) is 38.5 Å². The van der Waals surface area contributed by atoms with Crippen LogP contribution in [-0.4, -0.2) is 37.7 Å². The summed E-state index contributed by atoms with van der Waals surface area (Å²) < 4.78 is 5.23. The molecule has 1 heterocycles. The Morgan fingerprint density at radius 1 is 1.50 bits per heavy atom. The normalized spacial score (nSPS) is 15.0. The van der Waals surface area contributed by atoms with Gasteiger partial charge in [-0.1, -0.05) is 6.92 Å². The Bertz CT molecular complexity index is 340. The summed E-state index contributed by atoms with van der Waals surface area (Å²) >= 11 is 1.81. The van der Waals surface area contributed by atoms with Crippen LogP contribution in [0.2, 0.25) is 0 Å². The fourth-order valence-electron chi connectivity index (χ4n) is 2.23. The molecule has 104 valence electrons. The van der Waals surface area contributed by atoms with Gasteiger partial charge in [-0.05, 0) is 37.3 Å². The van der Waals surface area contributed by atoms with Crippen LogP contribution in [-0.2, 0) is 4.74 Å². The van der Waals surface area contributed by atoms with Crippen LogP contribution < -0.4 is 5.73 Å². The molecule has 18 heavy (non-hydrogen) atoms. The van der Waals surface area contributed by atoms with Crippen LogP contribution in [0.5, 0.6) is 0 Å². The standard InChI is InChI=1S/C14H26N2OS/c1-5-12(3)16(7-8-17-4)13(10-15)14-11(2)6-9-18-14/h6,9,12-13H,5,7-8,10,15H2,1-4H3. The van der Waals surface area contributed by atoms with E-state index in [9.17, 15) is 0 Å². The van der Waals surface area contributed by atoms with Gasteiger partial charge in [0.1, 0.15) is 0 Å². The number of nitrogens with two attached hydrogens (primary N) is 1. The van der Waals surface area contributed by atoms with Gasteiger partial charge in [0.2, 0.25) is 0 Å². The van der Waals surface area contributed by atoms with Gasteiger partial charge in [-0.3, -0.25) is 4.90 Å². The number of nitrogens with zero attached hydrogens (tertiary/aromatic N) is 1. The SMILES string of the molecule is CCC(C)N(CCOC)C(CN)c1sccc1C. The molecule has 1 aromatic rings. The zero-order valence-corrected chi connectivity index (χ0v) is 12.8. The number of hydrogen-bond acceptors (Lipinski definition) is 4. The first-order chi connectivity index (χ1) is 8.65. The Morgan fingerprint density at radius 3 is 2.67 bits per heavy atom. The summed E-state index contributed by atoms with van der Waals surface area (Å²) in [6.45, 7) is 9.01. The highest BCUT2D eigenvalue weighted by Crippen LogP contribution is 2.29. The maximum atomic E-state index is 6.02. The van der Waals surface area contributed by atoms with Crippen molar-refractivity contribution in [3.63, 3.8) is 0 Å². The van der Waals surface area contributed by atoms with Crippen molar-refractivity contribution in [3.8, 4) is 0 Å². The molecule has 2 atom stereocenters. The van der Waals surface area contributed by atoms with Gasteiger partial charge in [-0.25, -0.2) is 0 Å². The average molecular weight is 270 g/mol. The van der Waals surface area contributed by atoms with E-state index in [1.54, 1.807) is 7.11 Å². The first-order valence-electron chi connectivity index (χ1n) is 6.64. The molecule has 0 aliphatic heterocycles. The summed E-state index contributed by atoms with van der Waals surface area (Å²) in [6.07, 6.45) is 1.13. The van der Waals surface area contributed by atoms with Crippen LogP contribution in [0.25, 0.3) is 0 Å². The lowest BCUT2D eigenvalue weighted by Crippen LogP contribution is -2.41. The van der Waals surface area contributed by atoms with Gasteiger partial charge < -0.3 is 10.5 Å². The minimum absolute atomic E-state index is 0.315. The number of hydrogen-bond donors (Lipinski definition) is 1. The van der Waals surface area contributed by atoms with Crippen LogP contribution in [0.4, 0.5) is 0 Å². The average Bonchev–Trinajstić information content (AvgIpc) is 2.80. The second kappa shape index (κ2) is 7.89. The summed E-state index contributed by atoms with van der Waals surface area (Å²) in [4.78, 5) is 3.87. The van der Waals surface area contributed by atoms with Crippen molar-refractivity contribution in [2.24, 2.45) is 5.73 Å². The van der Waals surface area contributed by atoms with E-state index in [0.29, 0.717) is 18.6 Å². The fourth-order valence-corrected chi connectivity index (χ4v) is 3.29. The van der Waals surface area contributed by atoms with E-state index in [1.807, 2.05) is 11.3 Å². The molecule has 0 amide bonds. The van der Waals surface area contributed by atoms with Crippen molar-refractivity contribution < 1.29 is 4.74 Å². The first kappa shape index (κ1) is 15.6. The molecule has 1 rings (SSSR count). The minimum Gasteiger partial charge on any atom is -0.383 e. The van der Waals surface area contributed by atoms with Crippen LogP contribution in [0.1, 0.15) is 36.8 Å². The molecular weight excluding hydrogens is 244 g/mol. The van der Waals surface area contributed by atoms with Gasteiger partial charge in [-0.15, -0.1) is 11.3 Å². The largest absolute Gasteiger partial charge is 0.383 e. The smallest absolute Gasteiger partial charge is 0.0590 e. The summed E-state index contributed by atoms with van der Waals surface area (Å²) in [5.41, 5.74) is 7.37. The Labute approximate surface area is 115 Å². The summed E-state index contributed by atoms with van der Waals surface area (Å²) in [5, 5.41) is 2.15. The molecule has 3 nitrogen and oxygen atoms in total. The summed E-state index contributed by atoms with van der Waals surface area (Å²) in [6, 6.07) is 3.01. The van der Waals surface area contributed by atoms with E-state index in [1.165, 1.54) is 10.4 Å². The number of methoxy groups -OCH3 is 1. The number of aryl methyl sites for hydroxylation is 1. The molecule has 0 radical (unpaired) electrons. The molecular formula is C14H26N2OS. The lowest BCUT2D eigenvalue weighted by atomic mass is 10.1. The van der Waals surface area contributed by atoms with Crippen molar-refractivity contribution in [1.82, 2.24) is 4.90 Å². The Morgan fingerprint density at radius 2 is 2.22 bits per heavy atom. The van der Waals surface area contributed by atoms with Crippen molar-refractivity contribution in [2.45, 2.75) is 39.3 Å². The highest BCUT2D eigenvalue weighted by molar-refractivity contribution is 7.10. The molecule has 4 heteroatoms. The maximum absolute atomic E-state index is 6.02. The third-order valence-corrected chi connectivity index (χ3v) is 4.66. The van der Waals surface area contributed by atoms with Crippen LogP contribution in [0.3, 0.4) is 0 Å². The molecule has 0 aliphatic carbocycles. The third-order valence-electron chi connectivity index (χ3n) is 3.54. The Balaban J connectivity index is 2.89. The zero-order valence-electron chi connectivity index (χ0n) is 12.0. The first-order valence-corrected chi connectivity index (χ1v) is 7.52. The maximum Gasteiger partial charge on any atom is 0.0590 e.